The van der Waals surface area contributed by atoms with Crippen LogP contribution in [0.4, 0.5) is 5.13 Å². The fourth-order valence-corrected chi connectivity index (χ4v) is 2.77. The highest BCUT2D eigenvalue weighted by Crippen LogP contribution is 2.17. The number of halogens is 1. The van der Waals surface area contributed by atoms with Crippen molar-refractivity contribution < 1.29 is 9.53 Å². The Kier molecular flexibility index (Phi) is 4.59. The number of fused-ring (bicyclic) bond motifs is 1. The van der Waals surface area contributed by atoms with Gasteiger partial charge in [-0.25, -0.2) is 14.8 Å². The number of pyridine rings is 1. The van der Waals surface area contributed by atoms with Gasteiger partial charge < -0.3 is 14.5 Å². The average molecular weight is 349 g/mol. The number of rotatable bonds is 6. The molecule has 0 atom stereocenters. The molecule has 0 amide bonds. The number of carbonyl (C=O) groups excluding carboxylic acids is 1. The lowest BCUT2D eigenvalue weighted by atomic mass is 10.5. The highest BCUT2D eigenvalue weighted by atomic mass is 35.5. The van der Waals surface area contributed by atoms with Gasteiger partial charge in [0.25, 0.3) is 0 Å². The van der Waals surface area contributed by atoms with Gasteiger partial charge in [-0.2, -0.15) is 0 Å². The standard InChI is InChI=1S/C15H13ClN4O2S/c1-2-5-17-15-19-12(9-23-15)14(21)22-8-11-7-20-6-10(16)3-4-13(20)18-11/h2-4,6-7,9H,1,5,8H2,(H,17,19). The van der Waals surface area contributed by atoms with Gasteiger partial charge in [0.15, 0.2) is 10.8 Å². The Balaban J connectivity index is 1.63. The summed E-state index contributed by atoms with van der Waals surface area (Å²) in [6.07, 6.45) is 5.23. The molecule has 0 saturated carbocycles. The first-order chi connectivity index (χ1) is 11.2. The van der Waals surface area contributed by atoms with Crippen LogP contribution in [0.15, 0.2) is 42.6 Å². The van der Waals surface area contributed by atoms with E-state index in [0.717, 1.165) is 5.65 Å². The minimum absolute atomic E-state index is 0.0745. The Morgan fingerprint density at radius 2 is 2.30 bits per heavy atom. The van der Waals surface area contributed by atoms with Crippen LogP contribution in [0.3, 0.4) is 0 Å². The van der Waals surface area contributed by atoms with E-state index in [9.17, 15) is 4.79 Å². The topological polar surface area (TPSA) is 68.5 Å². The lowest BCUT2D eigenvalue weighted by Crippen LogP contribution is -2.06. The second-order valence-electron chi connectivity index (χ2n) is 4.63. The number of anilines is 1. The second-order valence-corrected chi connectivity index (χ2v) is 5.92. The predicted molar refractivity (Wildman–Crippen MR) is 90.1 cm³/mol. The van der Waals surface area contributed by atoms with E-state index in [1.54, 1.807) is 40.4 Å². The van der Waals surface area contributed by atoms with Gasteiger partial charge in [-0.1, -0.05) is 17.7 Å². The molecule has 1 N–H and O–H groups in total. The summed E-state index contributed by atoms with van der Waals surface area (Å²) in [5.41, 5.74) is 1.65. The van der Waals surface area contributed by atoms with Crippen molar-refractivity contribution >= 4 is 39.7 Å². The first kappa shape index (κ1) is 15.5. The number of nitrogens with zero attached hydrogens (tertiary/aromatic N) is 3. The molecule has 0 radical (unpaired) electrons. The monoisotopic (exact) mass is 348 g/mol. The summed E-state index contributed by atoms with van der Waals surface area (Å²) in [6.45, 7) is 4.27. The quantitative estimate of drug-likeness (QED) is 0.546. The Hall–Kier alpha value is -2.38. The molecular formula is C15H13ClN4O2S. The molecule has 0 aromatic carbocycles. The second kappa shape index (κ2) is 6.80. The van der Waals surface area contributed by atoms with E-state index in [2.05, 4.69) is 21.9 Å². The van der Waals surface area contributed by atoms with Gasteiger partial charge >= 0.3 is 5.97 Å². The number of esters is 1. The number of thiazole rings is 1. The van der Waals surface area contributed by atoms with E-state index in [1.807, 2.05) is 0 Å². The van der Waals surface area contributed by atoms with Crippen LogP contribution in [-0.2, 0) is 11.3 Å². The normalized spacial score (nSPS) is 10.7. The van der Waals surface area contributed by atoms with Crippen LogP contribution in [0.1, 0.15) is 16.2 Å². The zero-order valence-corrected chi connectivity index (χ0v) is 13.6. The van der Waals surface area contributed by atoms with E-state index in [1.165, 1.54) is 11.3 Å². The fourth-order valence-electron chi connectivity index (χ4n) is 1.91. The number of nitrogens with one attached hydrogen (secondary N) is 1. The van der Waals surface area contributed by atoms with Crippen LogP contribution in [0.5, 0.6) is 0 Å². The van der Waals surface area contributed by atoms with E-state index in [-0.39, 0.29) is 12.3 Å². The predicted octanol–water partition coefficient (Wildman–Crippen LogP) is 3.40. The zero-order valence-electron chi connectivity index (χ0n) is 12.0. The van der Waals surface area contributed by atoms with E-state index in [0.29, 0.717) is 22.4 Å². The zero-order chi connectivity index (χ0) is 16.2. The highest BCUT2D eigenvalue weighted by molar-refractivity contribution is 7.13. The molecule has 0 saturated heterocycles. The third-order valence-electron chi connectivity index (χ3n) is 2.93. The first-order valence-corrected chi connectivity index (χ1v) is 8.02. The molecule has 0 bridgehead atoms. The van der Waals surface area contributed by atoms with Crippen molar-refractivity contribution in [1.82, 2.24) is 14.4 Å². The van der Waals surface area contributed by atoms with Crippen molar-refractivity contribution in [3.05, 3.63) is 59.0 Å². The van der Waals surface area contributed by atoms with E-state index < -0.39 is 5.97 Å². The third-order valence-corrected chi connectivity index (χ3v) is 3.95. The van der Waals surface area contributed by atoms with Crippen molar-refractivity contribution in [2.75, 3.05) is 11.9 Å². The number of imidazole rings is 1. The number of aromatic nitrogens is 3. The first-order valence-electron chi connectivity index (χ1n) is 6.76. The SMILES string of the molecule is C=CCNc1nc(C(=O)OCc2cn3cc(Cl)ccc3n2)cs1. The number of carbonyl (C=O) groups is 1. The minimum Gasteiger partial charge on any atom is -0.454 e. The van der Waals surface area contributed by atoms with Gasteiger partial charge in [0, 0.05) is 24.3 Å². The molecule has 0 aliphatic rings. The summed E-state index contributed by atoms with van der Waals surface area (Å²) >= 11 is 7.26. The Bertz CT molecular complexity index is 858. The molecule has 3 aromatic heterocycles. The molecule has 118 valence electrons. The molecule has 3 aromatic rings. The van der Waals surface area contributed by atoms with Crippen molar-refractivity contribution in [2.24, 2.45) is 0 Å². The summed E-state index contributed by atoms with van der Waals surface area (Å²) < 4.78 is 7.02. The third kappa shape index (κ3) is 3.69. The van der Waals surface area contributed by atoms with E-state index >= 15 is 0 Å². The molecule has 0 fully saturated rings. The Morgan fingerprint density at radius 1 is 1.43 bits per heavy atom. The van der Waals surface area contributed by atoms with Gasteiger partial charge in [-0.05, 0) is 12.1 Å². The summed E-state index contributed by atoms with van der Waals surface area (Å²) in [5.74, 6) is -0.483. The lowest BCUT2D eigenvalue weighted by Gasteiger charge is -1.99. The molecule has 0 aliphatic heterocycles. The average Bonchev–Trinajstić information content (AvgIpc) is 3.16. The molecular weight excluding hydrogens is 336 g/mol. The molecule has 0 spiro atoms. The highest BCUT2D eigenvalue weighted by Gasteiger charge is 2.13. The lowest BCUT2D eigenvalue weighted by molar-refractivity contribution is 0.0462. The van der Waals surface area contributed by atoms with Crippen LogP contribution < -0.4 is 5.32 Å². The molecule has 23 heavy (non-hydrogen) atoms. The van der Waals surface area contributed by atoms with Crippen molar-refractivity contribution in [1.29, 1.82) is 0 Å². The Labute approximate surface area is 141 Å². The van der Waals surface area contributed by atoms with Crippen LogP contribution in [0.2, 0.25) is 5.02 Å². The largest absolute Gasteiger partial charge is 0.454 e. The van der Waals surface area contributed by atoms with Crippen molar-refractivity contribution in [3.8, 4) is 0 Å². The summed E-state index contributed by atoms with van der Waals surface area (Å²) in [4.78, 5) is 20.5. The van der Waals surface area contributed by atoms with Crippen LogP contribution in [0, 0.1) is 0 Å². The van der Waals surface area contributed by atoms with Crippen LogP contribution in [0.25, 0.3) is 5.65 Å². The molecule has 3 heterocycles. The van der Waals surface area contributed by atoms with Crippen molar-refractivity contribution in [3.63, 3.8) is 0 Å². The maximum Gasteiger partial charge on any atom is 0.358 e. The van der Waals surface area contributed by atoms with Crippen LogP contribution >= 0.6 is 22.9 Å². The van der Waals surface area contributed by atoms with Gasteiger partial charge in [0.2, 0.25) is 0 Å². The van der Waals surface area contributed by atoms with Crippen LogP contribution in [-0.4, -0.2) is 26.9 Å². The van der Waals surface area contributed by atoms with Gasteiger partial charge in [-0.15, -0.1) is 17.9 Å². The maximum atomic E-state index is 12.0. The summed E-state index contributed by atoms with van der Waals surface area (Å²) in [7, 11) is 0. The van der Waals surface area contributed by atoms with Gasteiger partial charge in [0.1, 0.15) is 12.3 Å². The maximum absolute atomic E-state index is 12.0. The molecule has 0 unspecified atom stereocenters. The summed E-state index contributed by atoms with van der Waals surface area (Å²) in [6, 6.07) is 3.55. The number of hydrogen-bond acceptors (Lipinski definition) is 6. The number of hydrogen-bond donors (Lipinski definition) is 1. The van der Waals surface area contributed by atoms with E-state index in [4.69, 9.17) is 16.3 Å². The molecule has 8 heteroatoms. The summed E-state index contributed by atoms with van der Waals surface area (Å²) in [5, 5.41) is 5.93. The Morgan fingerprint density at radius 3 is 3.13 bits per heavy atom. The fraction of sp³-hybridized carbons (Fsp3) is 0.133. The minimum atomic E-state index is -0.483. The molecule has 3 rings (SSSR count). The molecule has 0 aliphatic carbocycles. The van der Waals surface area contributed by atoms with Gasteiger partial charge in [0.05, 0.1) is 10.7 Å². The smallest absolute Gasteiger partial charge is 0.358 e. The number of ether oxygens (including phenoxy) is 1. The van der Waals surface area contributed by atoms with Gasteiger partial charge in [-0.3, -0.25) is 0 Å². The van der Waals surface area contributed by atoms with Crippen molar-refractivity contribution in [2.45, 2.75) is 6.61 Å². The molecule has 6 nitrogen and oxygen atoms in total.